The minimum Gasteiger partial charge on any atom is -0.350 e. The molecule has 2 amide bonds. The maximum absolute atomic E-state index is 12.6. The van der Waals surface area contributed by atoms with E-state index in [0.717, 1.165) is 11.4 Å². The Morgan fingerprint density at radius 3 is 2.46 bits per heavy atom. The summed E-state index contributed by atoms with van der Waals surface area (Å²) in [6.07, 6.45) is 0. The molecule has 0 saturated heterocycles. The number of likely N-dealkylation sites (N-methyl/N-ethyl adjacent to an activating group) is 1. The summed E-state index contributed by atoms with van der Waals surface area (Å²) in [7, 11) is 0. The molecule has 0 saturated carbocycles. The Kier molecular flexibility index (Phi) is 7.62. The molecule has 0 bridgehead atoms. The summed E-state index contributed by atoms with van der Waals surface area (Å²) in [5.41, 5.74) is 0.826. The zero-order chi connectivity index (χ0) is 20.7. The Labute approximate surface area is 170 Å². The van der Waals surface area contributed by atoms with E-state index < -0.39 is 0 Å². The topological polar surface area (TPSA) is 80.1 Å². The van der Waals surface area contributed by atoms with Crippen molar-refractivity contribution < 1.29 is 9.59 Å². The van der Waals surface area contributed by atoms with Gasteiger partial charge in [-0.25, -0.2) is 0 Å². The highest BCUT2D eigenvalue weighted by Gasteiger charge is 2.20. The van der Waals surface area contributed by atoms with E-state index in [-0.39, 0.29) is 29.7 Å². The van der Waals surface area contributed by atoms with Crippen LogP contribution in [-0.2, 0) is 16.1 Å². The third kappa shape index (κ3) is 6.67. The number of aromatic nitrogens is 3. The van der Waals surface area contributed by atoms with Crippen molar-refractivity contribution in [2.75, 3.05) is 18.8 Å². The lowest BCUT2D eigenvalue weighted by Gasteiger charge is -2.25. The molecule has 2 rings (SSSR count). The van der Waals surface area contributed by atoms with E-state index in [1.807, 2.05) is 69.5 Å². The van der Waals surface area contributed by atoms with Gasteiger partial charge in [0.15, 0.2) is 5.16 Å². The zero-order valence-corrected chi connectivity index (χ0v) is 18.0. The van der Waals surface area contributed by atoms with E-state index in [1.54, 1.807) is 4.90 Å². The number of hydrogen-bond acceptors (Lipinski definition) is 5. The minimum absolute atomic E-state index is 0.0584. The molecule has 7 nitrogen and oxygen atoms in total. The molecule has 0 aliphatic carbocycles. The van der Waals surface area contributed by atoms with Crippen molar-refractivity contribution >= 4 is 23.6 Å². The Hall–Kier alpha value is -2.35. The minimum atomic E-state index is -0.320. The van der Waals surface area contributed by atoms with Gasteiger partial charge in [0.2, 0.25) is 11.8 Å². The highest BCUT2D eigenvalue weighted by Crippen LogP contribution is 2.19. The first-order valence-electron chi connectivity index (χ1n) is 9.35. The van der Waals surface area contributed by atoms with Gasteiger partial charge in [0.25, 0.3) is 0 Å². The third-order valence-corrected chi connectivity index (χ3v) is 4.94. The highest BCUT2D eigenvalue weighted by molar-refractivity contribution is 7.99. The number of nitrogens with zero attached hydrogens (tertiary/aromatic N) is 4. The number of nitrogens with one attached hydrogen (secondary N) is 1. The lowest BCUT2D eigenvalue weighted by molar-refractivity contribution is -0.134. The van der Waals surface area contributed by atoms with E-state index in [2.05, 4.69) is 15.5 Å². The Balaban J connectivity index is 1.97. The number of hydrogen-bond donors (Lipinski definition) is 1. The third-order valence-electron chi connectivity index (χ3n) is 3.99. The first-order chi connectivity index (χ1) is 13.2. The van der Waals surface area contributed by atoms with Crippen LogP contribution in [0.25, 0.3) is 0 Å². The van der Waals surface area contributed by atoms with Crippen LogP contribution in [0.15, 0.2) is 35.5 Å². The molecule has 2 aromatic rings. The molecule has 0 spiro atoms. The molecular weight excluding hydrogens is 374 g/mol. The molecule has 8 heteroatoms. The summed E-state index contributed by atoms with van der Waals surface area (Å²) in [5.74, 6) is 0.763. The quantitative estimate of drug-likeness (QED) is 0.685. The fourth-order valence-electron chi connectivity index (χ4n) is 2.64. The van der Waals surface area contributed by atoms with Crippen LogP contribution in [0.5, 0.6) is 0 Å². The van der Waals surface area contributed by atoms with Crippen LogP contribution in [0.4, 0.5) is 0 Å². The van der Waals surface area contributed by atoms with Gasteiger partial charge in [0.05, 0.1) is 18.8 Å². The number of thioether (sulfide) groups is 1. The smallest absolute Gasteiger partial charge is 0.240 e. The van der Waals surface area contributed by atoms with Crippen molar-refractivity contribution in [2.24, 2.45) is 0 Å². The lowest BCUT2D eigenvalue weighted by Crippen LogP contribution is -2.47. The Morgan fingerprint density at radius 2 is 1.86 bits per heavy atom. The summed E-state index contributed by atoms with van der Waals surface area (Å²) in [5, 5.41) is 11.9. The summed E-state index contributed by atoms with van der Waals surface area (Å²) in [6, 6.07) is 10.1. The maximum Gasteiger partial charge on any atom is 0.240 e. The lowest BCUT2D eigenvalue weighted by atomic mass is 10.1. The number of rotatable bonds is 8. The highest BCUT2D eigenvalue weighted by atomic mass is 32.2. The molecule has 0 aliphatic rings. The van der Waals surface area contributed by atoms with Gasteiger partial charge in [-0.15, -0.1) is 10.2 Å². The molecule has 0 atom stereocenters. The van der Waals surface area contributed by atoms with Gasteiger partial charge in [-0.2, -0.15) is 0 Å². The van der Waals surface area contributed by atoms with Gasteiger partial charge in [0.1, 0.15) is 5.82 Å². The zero-order valence-electron chi connectivity index (χ0n) is 17.2. The average Bonchev–Trinajstić information content (AvgIpc) is 2.97. The fraction of sp³-hybridized carbons (Fsp3) is 0.500. The van der Waals surface area contributed by atoms with Gasteiger partial charge in [-0.05, 0) is 40.2 Å². The van der Waals surface area contributed by atoms with Crippen molar-refractivity contribution in [2.45, 2.75) is 51.9 Å². The van der Waals surface area contributed by atoms with E-state index in [1.165, 1.54) is 11.8 Å². The Bertz CT molecular complexity index is 799. The first kappa shape index (κ1) is 21.9. The predicted molar refractivity (Wildman–Crippen MR) is 111 cm³/mol. The van der Waals surface area contributed by atoms with E-state index >= 15 is 0 Å². The molecule has 152 valence electrons. The van der Waals surface area contributed by atoms with Crippen LogP contribution in [0.2, 0.25) is 0 Å². The largest absolute Gasteiger partial charge is 0.350 e. The van der Waals surface area contributed by atoms with E-state index in [9.17, 15) is 9.59 Å². The predicted octanol–water partition coefficient (Wildman–Crippen LogP) is 2.49. The van der Waals surface area contributed by atoms with E-state index in [0.29, 0.717) is 18.2 Å². The summed E-state index contributed by atoms with van der Waals surface area (Å²) in [4.78, 5) is 26.3. The molecular formula is C20H29N5O2S. The summed E-state index contributed by atoms with van der Waals surface area (Å²) in [6.45, 7) is 10.7. The Morgan fingerprint density at radius 1 is 1.18 bits per heavy atom. The van der Waals surface area contributed by atoms with Crippen LogP contribution in [0, 0.1) is 6.92 Å². The average molecular weight is 404 g/mol. The SMILES string of the molecule is CCN(CC(=O)NC(C)(C)C)C(=O)CSc1nnc(C)n1Cc1ccccc1. The van der Waals surface area contributed by atoms with Crippen LogP contribution in [-0.4, -0.2) is 55.9 Å². The normalized spacial score (nSPS) is 11.3. The van der Waals surface area contributed by atoms with Gasteiger partial charge in [-0.3, -0.25) is 9.59 Å². The van der Waals surface area contributed by atoms with Crippen molar-refractivity contribution in [3.05, 3.63) is 41.7 Å². The molecule has 0 radical (unpaired) electrons. The molecule has 0 unspecified atom stereocenters. The number of amides is 2. The van der Waals surface area contributed by atoms with Crippen molar-refractivity contribution in [1.29, 1.82) is 0 Å². The standard InChI is InChI=1S/C20H29N5O2S/c1-6-24(13-17(26)21-20(3,4)5)18(27)14-28-19-23-22-15(2)25(19)12-16-10-8-7-9-11-16/h7-11H,6,12-14H2,1-5H3,(H,21,26). The van der Waals surface area contributed by atoms with Gasteiger partial charge >= 0.3 is 0 Å². The van der Waals surface area contributed by atoms with Crippen molar-refractivity contribution in [1.82, 2.24) is 25.0 Å². The molecule has 28 heavy (non-hydrogen) atoms. The summed E-state index contributed by atoms with van der Waals surface area (Å²) >= 11 is 1.35. The first-order valence-corrected chi connectivity index (χ1v) is 10.3. The molecule has 1 heterocycles. The monoisotopic (exact) mass is 403 g/mol. The van der Waals surface area contributed by atoms with Crippen molar-refractivity contribution in [3.63, 3.8) is 0 Å². The second-order valence-corrected chi connectivity index (χ2v) is 8.54. The number of aryl methyl sites for hydroxylation is 1. The van der Waals surface area contributed by atoms with Gasteiger partial charge in [0, 0.05) is 12.1 Å². The van der Waals surface area contributed by atoms with Crippen molar-refractivity contribution in [3.8, 4) is 0 Å². The van der Waals surface area contributed by atoms with Crippen LogP contribution < -0.4 is 5.32 Å². The fourth-order valence-corrected chi connectivity index (χ4v) is 3.53. The van der Waals surface area contributed by atoms with Gasteiger partial charge < -0.3 is 14.8 Å². The molecule has 1 aromatic carbocycles. The number of benzene rings is 1. The van der Waals surface area contributed by atoms with Gasteiger partial charge in [-0.1, -0.05) is 42.1 Å². The number of carbonyl (C=O) groups is 2. The van der Waals surface area contributed by atoms with Crippen LogP contribution in [0.3, 0.4) is 0 Å². The maximum atomic E-state index is 12.6. The molecule has 1 N–H and O–H groups in total. The van der Waals surface area contributed by atoms with Crippen LogP contribution >= 0.6 is 11.8 Å². The molecule has 0 aliphatic heterocycles. The second-order valence-electron chi connectivity index (χ2n) is 7.60. The van der Waals surface area contributed by atoms with Crippen LogP contribution in [0.1, 0.15) is 39.1 Å². The number of carbonyl (C=O) groups excluding carboxylic acids is 2. The second kappa shape index (κ2) is 9.73. The summed E-state index contributed by atoms with van der Waals surface area (Å²) < 4.78 is 2.00. The van der Waals surface area contributed by atoms with E-state index in [4.69, 9.17) is 0 Å². The molecule has 0 fully saturated rings. The molecule has 1 aromatic heterocycles.